The molecule has 0 spiro atoms. The SMILES string of the molecule is CCN(CCCn1cc(CNC(=O)[C@H]2CCCN2C(=O)[C@@H](NC(=O)[C@H](C)NC)C(C)(C)C)nn1)/N=N\C. The molecule has 3 atom stereocenters. The van der Waals surface area contributed by atoms with Crippen LogP contribution < -0.4 is 16.0 Å². The third-order valence-corrected chi connectivity index (χ3v) is 6.48. The predicted molar refractivity (Wildman–Crippen MR) is 139 cm³/mol. The molecule has 0 bridgehead atoms. The van der Waals surface area contributed by atoms with Crippen molar-refractivity contribution in [3.8, 4) is 0 Å². The molecule has 37 heavy (non-hydrogen) atoms. The Hall–Kier alpha value is -3.09. The van der Waals surface area contributed by atoms with Crippen LogP contribution in [0.4, 0.5) is 0 Å². The van der Waals surface area contributed by atoms with Crippen molar-refractivity contribution in [1.29, 1.82) is 0 Å². The molecule has 1 fully saturated rings. The van der Waals surface area contributed by atoms with Gasteiger partial charge in [0.05, 0.1) is 25.8 Å². The maximum Gasteiger partial charge on any atom is 0.246 e. The van der Waals surface area contributed by atoms with Gasteiger partial charge in [-0.2, -0.15) is 5.11 Å². The summed E-state index contributed by atoms with van der Waals surface area (Å²) in [4.78, 5) is 40.7. The highest BCUT2D eigenvalue weighted by Gasteiger charge is 2.42. The van der Waals surface area contributed by atoms with Gasteiger partial charge in [-0.05, 0) is 45.6 Å². The minimum Gasteiger partial charge on any atom is -0.349 e. The number of likely N-dealkylation sites (tertiary alicyclic amines) is 1. The molecule has 1 aliphatic rings. The normalized spacial score (nSPS) is 17.6. The lowest BCUT2D eigenvalue weighted by atomic mass is 9.85. The number of likely N-dealkylation sites (N-methyl/N-ethyl adjacent to an activating group) is 1. The van der Waals surface area contributed by atoms with E-state index in [4.69, 9.17) is 0 Å². The van der Waals surface area contributed by atoms with E-state index in [9.17, 15) is 14.4 Å². The van der Waals surface area contributed by atoms with E-state index < -0.39 is 23.5 Å². The van der Waals surface area contributed by atoms with E-state index >= 15 is 0 Å². The Morgan fingerprint density at radius 3 is 2.65 bits per heavy atom. The van der Waals surface area contributed by atoms with Gasteiger partial charge in [0, 0.05) is 26.2 Å². The van der Waals surface area contributed by atoms with Gasteiger partial charge in [0.25, 0.3) is 0 Å². The maximum atomic E-state index is 13.5. The standard InChI is InChI=1S/C24H44N10O3/c1-8-32(30-26-7)12-10-13-33-16-18(29-31-33)15-27-22(36)19-11-9-14-34(19)23(37)20(24(3,4)5)28-21(35)17(2)25-6/h16-17,19-20,25H,8-15H2,1-7H3,(H,27,36)(H,28,35)/b30-26-/t17-,19+,20+/m0/s1. The quantitative estimate of drug-likeness (QED) is 0.256. The number of hydrogen-bond donors (Lipinski definition) is 3. The van der Waals surface area contributed by atoms with Gasteiger partial charge >= 0.3 is 0 Å². The fourth-order valence-corrected chi connectivity index (χ4v) is 4.15. The summed E-state index contributed by atoms with van der Waals surface area (Å²) in [6.07, 6.45) is 3.94. The molecule has 0 aliphatic carbocycles. The lowest BCUT2D eigenvalue weighted by Crippen LogP contribution is -2.59. The van der Waals surface area contributed by atoms with Crippen LogP contribution in [0.25, 0.3) is 0 Å². The van der Waals surface area contributed by atoms with Crippen molar-refractivity contribution >= 4 is 17.7 Å². The number of carbonyl (C=O) groups excluding carboxylic acids is 3. The summed E-state index contributed by atoms with van der Waals surface area (Å²) in [5, 5.41) is 26.7. The van der Waals surface area contributed by atoms with Gasteiger partial charge in [-0.15, -0.1) is 5.10 Å². The number of aryl methyl sites for hydroxylation is 1. The van der Waals surface area contributed by atoms with Crippen molar-refractivity contribution in [3.63, 3.8) is 0 Å². The minimum atomic E-state index is -0.744. The largest absolute Gasteiger partial charge is 0.349 e. The third kappa shape index (κ3) is 8.76. The zero-order valence-corrected chi connectivity index (χ0v) is 23.3. The number of rotatable bonds is 13. The van der Waals surface area contributed by atoms with E-state index in [1.807, 2.05) is 38.9 Å². The summed E-state index contributed by atoms with van der Waals surface area (Å²) in [6, 6.07) is -1.76. The third-order valence-electron chi connectivity index (χ3n) is 6.48. The highest BCUT2D eigenvalue weighted by molar-refractivity contribution is 5.93. The summed E-state index contributed by atoms with van der Waals surface area (Å²) in [6.45, 7) is 12.4. The molecule has 3 amide bonds. The Kier molecular flexibility index (Phi) is 11.4. The van der Waals surface area contributed by atoms with Crippen LogP contribution in [0.15, 0.2) is 16.5 Å². The van der Waals surface area contributed by atoms with Gasteiger partial charge in [0.15, 0.2) is 0 Å². The Morgan fingerprint density at radius 1 is 1.30 bits per heavy atom. The summed E-state index contributed by atoms with van der Waals surface area (Å²) in [5.41, 5.74) is 0.126. The van der Waals surface area contributed by atoms with Crippen molar-refractivity contribution in [3.05, 3.63) is 11.9 Å². The second-order valence-electron chi connectivity index (χ2n) is 10.4. The fourth-order valence-electron chi connectivity index (χ4n) is 4.15. The predicted octanol–water partition coefficient (Wildman–Crippen LogP) is 0.733. The molecule has 1 aliphatic heterocycles. The van der Waals surface area contributed by atoms with Crippen LogP contribution in [0, 0.1) is 5.41 Å². The lowest BCUT2D eigenvalue weighted by molar-refractivity contribution is -0.144. The smallest absolute Gasteiger partial charge is 0.246 e. The van der Waals surface area contributed by atoms with Crippen LogP contribution in [0.2, 0.25) is 0 Å². The van der Waals surface area contributed by atoms with Crippen LogP contribution >= 0.6 is 0 Å². The molecular weight excluding hydrogens is 476 g/mol. The Balaban J connectivity index is 1.95. The van der Waals surface area contributed by atoms with Gasteiger partial charge in [0.2, 0.25) is 17.7 Å². The van der Waals surface area contributed by atoms with Crippen LogP contribution in [-0.4, -0.2) is 94.5 Å². The van der Waals surface area contributed by atoms with Crippen LogP contribution in [-0.2, 0) is 27.5 Å². The molecule has 0 saturated carbocycles. The van der Waals surface area contributed by atoms with Crippen LogP contribution in [0.5, 0.6) is 0 Å². The van der Waals surface area contributed by atoms with Crippen molar-refractivity contribution in [2.45, 2.75) is 85.1 Å². The topological polar surface area (TPSA) is 149 Å². The number of nitrogens with one attached hydrogen (secondary N) is 3. The molecule has 1 saturated heterocycles. The first-order chi connectivity index (χ1) is 17.5. The van der Waals surface area contributed by atoms with Crippen molar-refractivity contribution < 1.29 is 14.4 Å². The van der Waals surface area contributed by atoms with Crippen molar-refractivity contribution in [2.24, 2.45) is 15.8 Å². The van der Waals surface area contributed by atoms with Gasteiger partial charge < -0.3 is 20.9 Å². The second-order valence-corrected chi connectivity index (χ2v) is 10.4. The van der Waals surface area contributed by atoms with E-state index in [2.05, 4.69) is 36.6 Å². The molecule has 0 unspecified atom stereocenters. The van der Waals surface area contributed by atoms with E-state index in [0.717, 1.165) is 25.9 Å². The molecule has 0 radical (unpaired) electrons. The summed E-state index contributed by atoms with van der Waals surface area (Å²) >= 11 is 0. The van der Waals surface area contributed by atoms with Gasteiger partial charge in [-0.3, -0.25) is 24.1 Å². The number of amides is 3. The molecule has 1 aromatic rings. The van der Waals surface area contributed by atoms with E-state index in [-0.39, 0.29) is 24.3 Å². The monoisotopic (exact) mass is 520 g/mol. The summed E-state index contributed by atoms with van der Waals surface area (Å²) in [7, 11) is 3.34. The first-order valence-electron chi connectivity index (χ1n) is 13.0. The summed E-state index contributed by atoms with van der Waals surface area (Å²) < 4.78 is 1.74. The highest BCUT2D eigenvalue weighted by Crippen LogP contribution is 2.26. The van der Waals surface area contributed by atoms with Crippen molar-refractivity contribution in [1.82, 2.24) is 40.9 Å². The Labute approximate surface area is 219 Å². The van der Waals surface area contributed by atoms with Gasteiger partial charge in [-0.1, -0.05) is 31.2 Å². The molecule has 0 aromatic carbocycles. The second kappa shape index (κ2) is 14.0. The van der Waals surface area contributed by atoms with Gasteiger partial charge in [0.1, 0.15) is 17.8 Å². The van der Waals surface area contributed by atoms with Crippen LogP contribution in [0.3, 0.4) is 0 Å². The average Bonchev–Trinajstić information content (AvgIpc) is 3.53. The average molecular weight is 521 g/mol. The van der Waals surface area contributed by atoms with Crippen molar-refractivity contribution in [2.75, 3.05) is 33.7 Å². The molecule has 2 rings (SSSR count). The first-order valence-corrected chi connectivity index (χ1v) is 13.0. The highest BCUT2D eigenvalue weighted by atomic mass is 16.2. The molecule has 208 valence electrons. The fraction of sp³-hybridized carbons (Fsp3) is 0.792. The number of aromatic nitrogens is 3. The molecule has 2 heterocycles. The number of carbonyl (C=O) groups is 3. The number of hydrogen-bond acceptors (Lipinski definition) is 8. The zero-order valence-electron chi connectivity index (χ0n) is 23.3. The van der Waals surface area contributed by atoms with Gasteiger partial charge in [-0.25, -0.2) is 0 Å². The summed E-state index contributed by atoms with van der Waals surface area (Å²) in [5.74, 6) is -0.723. The zero-order chi connectivity index (χ0) is 27.6. The van der Waals surface area contributed by atoms with Crippen LogP contribution in [0.1, 0.15) is 59.6 Å². The Morgan fingerprint density at radius 2 is 2.03 bits per heavy atom. The molecular formula is C24H44N10O3. The minimum absolute atomic E-state index is 0.224. The van der Waals surface area contributed by atoms with E-state index in [1.54, 1.807) is 30.6 Å². The molecule has 3 N–H and O–H groups in total. The molecule has 1 aromatic heterocycles. The first kappa shape index (κ1) is 30.1. The van der Waals surface area contributed by atoms with E-state index in [0.29, 0.717) is 25.2 Å². The Bertz CT molecular complexity index is 926. The maximum absolute atomic E-state index is 13.5. The number of nitrogens with zero attached hydrogens (tertiary/aromatic N) is 7. The molecule has 13 heteroatoms. The van der Waals surface area contributed by atoms with E-state index in [1.165, 1.54) is 0 Å². The molecule has 13 nitrogen and oxygen atoms in total. The lowest BCUT2D eigenvalue weighted by Gasteiger charge is -2.36.